The number of benzene rings is 1. The molecule has 4 heteroatoms. The zero-order valence-corrected chi connectivity index (χ0v) is 15.5. The van der Waals surface area contributed by atoms with Crippen LogP contribution in [-0.2, 0) is 11.3 Å². The molecule has 2 aliphatic rings. The minimum Gasteiger partial charge on any atom is -0.342 e. The minimum absolute atomic E-state index is 0.240. The van der Waals surface area contributed by atoms with Gasteiger partial charge in [-0.1, -0.05) is 40.9 Å². The van der Waals surface area contributed by atoms with Gasteiger partial charge in [0.25, 0.3) is 0 Å². The van der Waals surface area contributed by atoms with Crippen LogP contribution in [0.3, 0.4) is 0 Å². The number of hydrogen-bond donors (Lipinski definition) is 1. The van der Waals surface area contributed by atoms with Crippen LogP contribution in [0.4, 0.5) is 0 Å². The molecule has 2 fully saturated rings. The van der Waals surface area contributed by atoms with Crippen molar-refractivity contribution in [3.63, 3.8) is 0 Å². The topological polar surface area (TPSA) is 24.8 Å². The van der Waals surface area contributed by atoms with Gasteiger partial charge in [-0.15, -0.1) is 0 Å². The Kier molecular flexibility index (Phi) is 6.12. The number of nitrogens with zero attached hydrogens (tertiary/aromatic N) is 1. The smallest absolute Gasteiger partial charge is 0.231 e. The lowest BCUT2D eigenvalue weighted by molar-refractivity contribution is -0.921. The largest absolute Gasteiger partial charge is 0.342 e. The highest BCUT2D eigenvalue weighted by Crippen LogP contribution is 2.17. The molecule has 126 valence electrons. The average Bonchev–Trinajstić information content (AvgIpc) is 2.84. The highest BCUT2D eigenvalue weighted by Gasteiger charge is 2.31. The fourth-order valence-corrected chi connectivity index (χ4v) is 4.45. The normalized spacial score (nSPS) is 25.9. The number of nitrogens with one attached hydrogen (secondary N) is 1. The molecule has 0 aromatic heterocycles. The molecule has 0 radical (unpaired) electrons. The van der Waals surface area contributed by atoms with Crippen LogP contribution < -0.4 is 4.90 Å². The van der Waals surface area contributed by atoms with E-state index in [4.69, 9.17) is 0 Å². The van der Waals surface area contributed by atoms with Crippen molar-refractivity contribution < 1.29 is 9.69 Å². The lowest BCUT2D eigenvalue weighted by atomic mass is 9.96. The van der Waals surface area contributed by atoms with Gasteiger partial charge in [-0.05, 0) is 37.8 Å². The molecule has 2 atom stereocenters. The van der Waals surface area contributed by atoms with E-state index in [1.165, 1.54) is 44.2 Å². The van der Waals surface area contributed by atoms with Gasteiger partial charge < -0.3 is 9.80 Å². The third-order valence-electron chi connectivity index (χ3n) is 5.23. The predicted octanol–water partition coefficient (Wildman–Crippen LogP) is 2.65. The van der Waals surface area contributed by atoms with Crippen molar-refractivity contribution >= 4 is 21.8 Å². The van der Waals surface area contributed by atoms with Crippen LogP contribution in [0.15, 0.2) is 28.7 Å². The summed E-state index contributed by atoms with van der Waals surface area (Å²) in [6, 6.07) is 8.56. The van der Waals surface area contributed by atoms with Crippen LogP contribution in [0.2, 0.25) is 0 Å². The quantitative estimate of drug-likeness (QED) is 0.857. The summed E-state index contributed by atoms with van der Waals surface area (Å²) < 4.78 is 1.14. The molecule has 1 amide bonds. The van der Waals surface area contributed by atoms with Gasteiger partial charge >= 0.3 is 0 Å². The Balaban J connectivity index is 1.57. The van der Waals surface area contributed by atoms with Crippen molar-refractivity contribution in [3.05, 3.63) is 34.3 Å². The van der Waals surface area contributed by atoms with Crippen LogP contribution >= 0.6 is 15.9 Å². The zero-order valence-electron chi connectivity index (χ0n) is 13.9. The van der Waals surface area contributed by atoms with Crippen molar-refractivity contribution in [1.82, 2.24) is 4.90 Å². The van der Waals surface area contributed by atoms with Gasteiger partial charge in [0.05, 0.1) is 19.0 Å². The Hall–Kier alpha value is -0.870. The third-order valence-corrected chi connectivity index (χ3v) is 5.72. The summed E-state index contributed by atoms with van der Waals surface area (Å²) in [5.74, 6) is 0.669. The van der Waals surface area contributed by atoms with Gasteiger partial charge in [0.15, 0.2) is 0 Å². The number of piperidine rings is 1. The molecule has 1 unspecified atom stereocenters. The van der Waals surface area contributed by atoms with E-state index in [1.54, 1.807) is 4.90 Å². The molecule has 1 aromatic rings. The van der Waals surface area contributed by atoms with Gasteiger partial charge in [0.2, 0.25) is 5.91 Å². The average molecular weight is 380 g/mol. The molecule has 0 spiro atoms. The number of likely N-dealkylation sites (tertiary alicyclic amines) is 2. The maximum Gasteiger partial charge on any atom is 0.231 e. The molecule has 3 rings (SSSR count). The summed E-state index contributed by atoms with van der Waals surface area (Å²) in [5.41, 5.74) is 1.36. The predicted molar refractivity (Wildman–Crippen MR) is 96.3 cm³/mol. The third kappa shape index (κ3) is 4.80. The van der Waals surface area contributed by atoms with Crippen molar-refractivity contribution in [2.45, 2.75) is 45.1 Å². The monoisotopic (exact) mass is 379 g/mol. The summed E-state index contributed by atoms with van der Waals surface area (Å²) in [5, 5.41) is 0. The number of carbonyl (C=O) groups excluding carboxylic acids is 1. The van der Waals surface area contributed by atoms with Crippen LogP contribution in [0.25, 0.3) is 0 Å². The maximum atomic E-state index is 12.9. The Labute approximate surface area is 148 Å². The molecule has 1 N–H and O–H groups in total. The van der Waals surface area contributed by atoms with Gasteiger partial charge in [0, 0.05) is 23.1 Å². The SMILES string of the molecule is O=C([C@H]1CCC[NH+](Cc2cccc(Br)c2)C1)N1CCCCCC1. The van der Waals surface area contributed by atoms with E-state index in [9.17, 15) is 4.79 Å². The van der Waals surface area contributed by atoms with E-state index in [0.717, 1.165) is 37.1 Å². The summed E-state index contributed by atoms with van der Waals surface area (Å²) in [6.07, 6.45) is 7.20. The van der Waals surface area contributed by atoms with Crippen LogP contribution in [-0.4, -0.2) is 37.0 Å². The number of halogens is 1. The second-order valence-corrected chi connectivity index (χ2v) is 8.01. The molecular formula is C19H28BrN2O+. The summed E-state index contributed by atoms with van der Waals surface area (Å²) >= 11 is 3.55. The molecule has 1 aromatic carbocycles. The van der Waals surface area contributed by atoms with E-state index in [-0.39, 0.29) is 5.92 Å². The molecule has 0 saturated carbocycles. The Morgan fingerprint density at radius 2 is 1.96 bits per heavy atom. The molecule has 2 heterocycles. The summed E-state index contributed by atoms with van der Waals surface area (Å²) in [6.45, 7) is 5.19. The molecule has 0 aliphatic carbocycles. The van der Waals surface area contributed by atoms with Crippen molar-refractivity contribution in [3.8, 4) is 0 Å². The van der Waals surface area contributed by atoms with Gasteiger partial charge in [0.1, 0.15) is 6.54 Å². The van der Waals surface area contributed by atoms with Crippen molar-refractivity contribution in [1.29, 1.82) is 0 Å². The second-order valence-electron chi connectivity index (χ2n) is 7.09. The summed E-state index contributed by atoms with van der Waals surface area (Å²) in [4.78, 5) is 16.6. The summed E-state index contributed by atoms with van der Waals surface area (Å²) in [7, 11) is 0. The molecular weight excluding hydrogens is 352 g/mol. The van der Waals surface area contributed by atoms with Crippen LogP contribution in [0, 0.1) is 5.92 Å². The maximum absolute atomic E-state index is 12.9. The van der Waals surface area contributed by atoms with E-state index in [1.807, 2.05) is 0 Å². The fourth-order valence-electron chi connectivity index (χ4n) is 4.01. The first kappa shape index (κ1) is 17.0. The highest BCUT2D eigenvalue weighted by atomic mass is 79.9. The number of amides is 1. The Morgan fingerprint density at radius 1 is 1.17 bits per heavy atom. The first-order valence-corrected chi connectivity index (χ1v) is 9.88. The molecule has 3 nitrogen and oxygen atoms in total. The number of carbonyl (C=O) groups is 1. The van der Waals surface area contributed by atoms with Crippen LogP contribution in [0.1, 0.15) is 44.1 Å². The lowest BCUT2D eigenvalue weighted by Gasteiger charge is -2.32. The number of rotatable bonds is 3. The molecule has 23 heavy (non-hydrogen) atoms. The lowest BCUT2D eigenvalue weighted by Crippen LogP contribution is -3.12. The molecule has 0 bridgehead atoms. The van der Waals surface area contributed by atoms with E-state index in [2.05, 4.69) is 45.1 Å². The fraction of sp³-hybridized carbons (Fsp3) is 0.632. The highest BCUT2D eigenvalue weighted by molar-refractivity contribution is 9.10. The van der Waals surface area contributed by atoms with E-state index in [0.29, 0.717) is 5.91 Å². The minimum atomic E-state index is 0.240. The Bertz CT molecular complexity index is 526. The van der Waals surface area contributed by atoms with Gasteiger partial charge in [-0.25, -0.2) is 0 Å². The molecule has 2 aliphatic heterocycles. The first-order chi connectivity index (χ1) is 11.2. The van der Waals surface area contributed by atoms with Crippen LogP contribution in [0.5, 0.6) is 0 Å². The van der Waals surface area contributed by atoms with E-state index < -0.39 is 0 Å². The first-order valence-electron chi connectivity index (χ1n) is 9.09. The van der Waals surface area contributed by atoms with Crippen molar-refractivity contribution in [2.75, 3.05) is 26.2 Å². The van der Waals surface area contributed by atoms with Gasteiger partial charge in [-0.3, -0.25) is 4.79 Å². The standard InChI is InChI=1S/C19H27BrN2O/c20-18-9-5-7-16(13-18)14-21-10-6-8-17(15-21)19(23)22-11-3-1-2-4-12-22/h5,7,9,13,17H,1-4,6,8,10-12,14-15H2/p+1/t17-/m0/s1. The number of hydrogen-bond acceptors (Lipinski definition) is 1. The van der Waals surface area contributed by atoms with Crippen molar-refractivity contribution in [2.24, 2.45) is 5.92 Å². The second kappa shape index (κ2) is 8.29. The zero-order chi connectivity index (χ0) is 16.1. The number of quaternary nitrogens is 1. The van der Waals surface area contributed by atoms with E-state index >= 15 is 0 Å². The van der Waals surface area contributed by atoms with Gasteiger partial charge in [-0.2, -0.15) is 0 Å². The molecule has 2 saturated heterocycles. The Morgan fingerprint density at radius 3 is 2.70 bits per heavy atom.